The van der Waals surface area contributed by atoms with E-state index in [2.05, 4.69) is 26.1 Å². The first-order valence-corrected chi connectivity index (χ1v) is 9.35. The van der Waals surface area contributed by atoms with E-state index >= 15 is 0 Å². The Labute approximate surface area is 153 Å². The summed E-state index contributed by atoms with van der Waals surface area (Å²) < 4.78 is 12.8. The smallest absolute Gasteiger partial charge is 0.348 e. The number of aromatic nitrogens is 2. The second-order valence-corrected chi connectivity index (χ2v) is 8.38. The van der Waals surface area contributed by atoms with E-state index < -0.39 is 5.97 Å². The quantitative estimate of drug-likeness (QED) is 0.428. The van der Waals surface area contributed by atoms with Crippen molar-refractivity contribution in [1.82, 2.24) is 10.2 Å². The number of ether oxygens (including phenoxy) is 1. The first-order valence-electron chi connectivity index (χ1n) is 6.93. The van der Waals surface area contributed by atoms with Crippen molar-refractivity contribution in [2.75, 3.05) is 0 Å². The highest BCUT2D eigenvalue weighted by Crippen LogP contribution is 2.30. The van der Waals surface area contributed by atoms with Crippen LogP contribution >= 0.6 is 38.6 Å². The summed E-state index contributed by atoms with van der Waals surface area (Å²) in [5.41, 5.74) is 0. The maximum absolute atomic E-state index is 12.2. The van der Waals surface area contributed by atoms with Crippen molar-refractivity contribution < 1.29 is 13.9 Å². The van der Waals surface area contributed by atoms with Gasteiger partial charge in [-0.3, -0.25) is 0 Å². The molecular weight excluding hydrogens is 412 g/mol. The summed E-state index contributed by atoms with van der Waals surface area (Å²) in [6.45, 7) is -0.0490. The summed E-state index contributed by atoms with van der Waals surface area (Å²) in [5, 5.41) is 8.91. The van der Waals surface area contributed by atoms with Crippen LogP contribution in [-0.2, 0) is 11.3 Å². The lowest BCUT2D eigenvalue weighted by atomic mass is 10.2. The maximum Gasteiger partial charge on any atom is 0.348 e. The third kappa shape index (κ3) is 3.12. The molecule has 0 N–H and O–H groups in total. The van der Waals surface area contributed by atoms with Gasteiger partial charge in [0.05, 0.1) is 8.66 Å². The Bertz CT molecular complexity index is 988. The number of fused-ring (bicyclic) bond motifs is 1. The highest BCUT2D eigenvalue weighted by Gasteiger charge is 2.15. The van der Waals surface area contributed by atoms with Gasteiger partial charge in [0.15, 0.2) is 6.61 Å². The molecule has 0 amide bonds. The Balaban J connectivity index is 1.44. The first-order chi connectivity index (χ1) is 11.7. The van der Waals surface area contributed by atoms with Gasteiger partial charge < -0.3 is 9.15 Å². The van der Waals surface area contributed by atoms with Crippen molar-refractivity contribution in [3.63, 3.8) is 0 Å². The van der Waals surface area contributed by atoms with E-state index in [-0.39, 0.29) is 12.5 Å². The molecule has 24 heavy (non-hydrogen) atoms. The minimum absolute atomic E-state index is 0.0490. The number of hydrogen-bond acceptors (Lipinski definition) is 7. The molecule has 0 atom stereocenters. The molecule has 4 aromatic rings. The molecule has 0 bridgehead atoms. The molecule has 0 fully saturated rings. The lowest BCUT2D eigenvalue weighted by molar-refractivity contribution is 0.0444. The predicted molar refractivity (Wildman–Crippen MR) is 96.3 cm³/mol. The first kappa shape index (κ1) is 15.5. The van der Waals surface area contributed by atoms with E-state index in [1.807, 2.05) is 42.5 Å². The molecule has 0 spiro atoms. The zero-order valence-electron chi connectivity index (χ0n) is 12.1. The molecule has 120 valence electrons. The number of benzene rings is 1. The largest absolute Gasteiger partial charge is 0.451 e. The number of nitrogens with zero attached hydrogens (tertiary/aromatic N) is 2. The molecule has 0 saturated heterocycles. The van der Waals surface area contributed by atoms with E-state index in [9.17, 15) is 4.79 Å². The van der Waals surface area contributed by atoms with Crippen LogP contribution in [0.1, 0.15) is 15.6 Å². The fourth-order valence-electron chi connectivity index (χ4n) is 2.12. The van der Waals surface area contributed by atoms with E-state index in [1.54, 1.807) is 0 Å². The minimum atomic E-state index is -0.394. The fourth-order valence-corrected chi connectivity index (χ4v) is 4.39. The van der Waals surface area contributed by atoms with Crippen LogP contribution in [0.15, 0.2) is 50.7 Å². The molecule has 0 unspecified atom stereocenters. The van der Waals surface area contributed by atoms with Gasteiger partial charge in [0.25, 0.3) is 11.8 Å². The number of halogens is 1. The van der Waals surface area contributed by atoms with Crippen molar-refractivity contribution in [1.29, 1.82) is 0 Å². The summed E-state index contributed by atoms with van der Waals surface area (Å²) in [4.78, 5) is 13.6. The van der Waals surface area contributed by atoms with Crippen molar-refractivity contribution in [3.05, 3.63) is 57.0 Å². The summed E-state index contributed by atoms with van der Waals surface area (Å²) in [5.74, 6) is 0.289. The average molecular weight is 421 g/mol. The molecule has 5 nitrogen and oxygen atoms in total. The Morgan fingerprint density at radius 1 is 1.17 bits per heavy atom. The second kappa shape index (κ2) is 6.46. The Kier molecular flexibility index (Phi) is 4.17. The molecule has 0 aliphatic heterocycles. The van der Waals surface area contributed by atoms with Gasteiger partial charge in [-0.15, -0.1) is 32.9 Å². The van der Waals surface area contributed by atoms with Gasteiger partial charge in [0, 0.05) is 4.70 Å². The molecule has 0 aliphatic rings. The zero-order chi connectivity index (χ0) is 16.5. The van der Waals surface area contributed by atoms with E-state index in [0.29, 0.717) is 10.8 Å². The third-order valence-electron chi connectivity index (χ3n) is 3.20. The van der Waals surface area contributed by atoms with Crippen LogP contribution in [0.2, 0.25) is 0 Å². The summed E-state index contributed by atoms with van der Waals surface area (Å²) in [6.07, 6.45) is 0. The van der Waals surface area contributed by atoms with Crippen LogP contribution in [-0.4, -0.2) is 16.2 Å². The molecule has 1 aromatic carbocycles. The number of carbonyl (C=O) groups is 1. The molecule has 8 heteroatoms. The fraction of sp³-hybridized carbons (Fsp3) is 0.0625. The normalized spacial score (nSPS) is 11.0. The second-order valence-electron chi connectivity index (χ2n) is 4.83. The van der Waals surface area contributed by atoms with Crippen LogP contribution in [0.3, 0.4) is 0 Å². The molecule has 0 aliphatic carbocycles. The van der Waals surface area contributed by atoms with Gasteiger partial charge in [-0.1, -0.05) is 18.2 Å². The van der Waals surface area contributed by atoms with Crippen molar-refractivity contribution in [3.8, 4) is 10.8 Å². The molecule has 3 heterocycles. The molecule has 0 saturated carbocycles. The van der Waals surface area contributed by atoms with Crippen molar-refractivity contribution in [2.24, 2.45) is 0 Å². The van der Waals surface area contributed by atoms with Crippen LogP contribution in [0.4, 0.5) is 0 Å². The van der Waals surface area contributed by atoms with E-state index in [0.717, 1.165) is 18.7 Å². The molecule has 3 aromatic heterocycles. The van der Waals surface area contributed by atoms with Crippen LogP contribution in [0.5, 0.6) is 0 Å². The summed E-state index contributed by atoms with van der Waals surface area (Å²) in [6, 6.07) is 13.4. The Morgan fingerprint density at radius 2 is 2.04 bits per heavy atom. The monoisotopic (exact) mass is 420 g/mol. The van der Waals surface area contributed by atoms with E-state index in [1.165, 1.54) is 22.7 Å². The Hall–Kier alpha value is -2.03. The summed E-state index contributed by atoms with van der Waals surface area (Å²) >= 11 is 6.28. The predicted octanol–water partition coefficient (Wildman–Crippen LogP) is 5.13. The summed E-state index contributed by atoms with van der Waals surface area (Å²) in [7, 11) is 0. The van der Waals surface area contributed by atoms with Gasteiger partial charge in [-0.25, -0.2) is 4.79 Å². The highest BCUT2D eigenvalue weighted by molar-refractivity contribution is 9.11. The van der Waals surface area contributed by atoms with Gasteiger partial charge in [-0.05, 0) is 45.6 Å². The SMILES string of the molecule is O=C(OCc1nnc(-c2ccc(Br)s2)o1)c1cc2ccccc2s1. The minimum Gasteiger partial charge on any atom is -0.451 e. The number of carbonyl (C=O) groups excluding carboxylic acids is 1. The lowest BCUT2D eigenvalue weighted by Gasteiger charge is -1.98. The van der Waals surface area contributed by atoms with Crippen molar-refractivity contribution in [2.45, 2.75) is 6.61 Å². The zero-order valence-corrected chi connectivity index (χ0v) is 15.3. The van der Waals surface area contributed by atoms with E-state index in [4.69, 9.17) is 9.15 Å². The van der Waals surface area contributed by atoms with Crippen LogP contribution in [0.25, 0.3) is 20.9 Å². The molecule has 4 rings (SSSR count). The van der Waals surface area contributed by atoms with Crippen LogP contribution < -0.4 is 0 Å². The molecular formula is C16H9BrN2O3S2. The number of esters is 1. The topological polar surface area (TPSA) is 65.2 Å². The standard InChI is InChI=1S/C16H9BrN2O3S2/c17-13-6-5-11(24-13)15-19-18-14(22-15)8-21-16(20)12-7-9-3-1-2-4-10(9)23-12/h1-7H,8H2. The van der Waals surface area contributed by atoms with Crippen LogP contribution in [0, 0.1) is 0 Å². The van der Waals surface area contributed by atoms with Gasteiger partial charge in [-0.2, -0.15) is 0 Å². The maximum atomic E-state index is 12.2. The van der Waals surface area contributed by atoms with Gasteiger partial charge in [0.2, 0.25) is 0 Å². The Morgan fingerprint density at radius 3 is 2.83 bits per heavy atom. The number of rotatable bonds is 4. The highest BCUT2D eigenvalue weighted by atomic mass is 79.9. The third-order valence-corrected chi connectivity index (χ3v) is 5.91. The number of thiophene rings is 2. The van der Waals surface area contributed by atoms with Crippen molar-refractivity contribution >= 4 is 54.7 Å². The number of hydrogen-bond donors (Lipinski definition) is 0. The lowest BCUT2D eigenvalue weighted by Crippen LogP contribution is -2.03. The van der Waals surface area contributed by atoms with Gasteiger partial charge >= 0.3 is 5.97 Å². The average Bonchev–Trinajstić information content (AvgIpc) is 3.31. The van der Waals surface area contributed by atoms with Gasteiger partial charge in [0.1, 0.15) is 4.88 Å². The molecule has 0 radical (unpaired) electrons.